The average Bonchev–Trinajstić information content (AvgIpc) is 3.05. The molecule has 0 bridgehead atoms. The smallest absolute Gasteiger partial charge is 0.261 e. The van der Waals surface area contributed by atoms with Crippen LogP contribution in [0.5, 0.6) is 0 Å². The fourth-order valence-electron chi connectivity index (χ4n) is 3.07. The highest BCUT2D eigenvalue weighted by molar-refractivity contribution is 6.36. The lowest BCUT2D eigenvalue weighted by Gasteiger charge is -2.28. The van der Waals surface area contributed by atoms with E-state index < -0.39 is 5.41 Å². The van der Waals surface area contributed by atoms with Crippen LogP contribution in [0.2, 0.25) is 5.02 Å². The molecule has 2 heterocycles. The molecule has 0 saturated carbocycles. The van der Waals surface area contributed by atoms with E-state index in [2.05, 4.69) is 0 Å². The Hall–Kier alpha value is -2.14. The van der Waals surface area contributed by atoms with Crippen LogP contribution in [-0.2, 0) is 20.8 Å². The third kappa shape index (κ3) is 2.44. The van der Waals surface area contributed by atoms with Gasteiger partial charge in [0.25, 0.3) is 11.8 Å². The van der Waals surface area contributed by atoms with Crippen molar-refractivity contribution in [3.05, 3.63) is 34.4 Å². The largest absolute Gasteiger partial charge is 0.311 e. The first-order valence-electron chi connectivity index (χ1n) is 7.80. The molecule has 0 aromatic heterocycles. The van der Waals surface area contributed by atoms with Gasteiger partial charge in [0.2, 0.25) is 5.91 Å². The van der Waals surface area contributed by atoms with Gasteiger partial charge in [0.05, 0.1) is 11.3 Å². The van der Waals surface area contributed by atoms with Gasteiger partial charge in [0.1, 0.15) is 0 Å². The number of anilines is 1. The maximum absolute atomic E-state index is 12.8. The Balaban J connectivity index is 2.17. The standard InChI is InChI=1S/C18H19ClN2O3/c1-18(2,3)17(24)21-8-7-11-13(19)6-5-10(15(11)21)12-9-14(22)20(4)16(12)23/h5-6,9H,7-8H2,1-4H3. The Kier molecular flexibility index (Phi) is 3.79. The van der Waals surface area contributed by atoms with Crippen LogP contribution in [0, 0.1) is 5.41 Å². The highest BCUT2D eigenvalue weighted by Crippen LogP contribution is 2.42. The summed E-state index contributed by atoms with van der Waals surface area (Å²) in [6.07, 6.45) is 1.96. The lowest BCUT2D eigenvalue weighted by Crippen LogP contribution is -2.38. The van der Waals surface area contributed by atoms with Crippen molar-refractivity contribution in [2.24, 2.45) is 5.41 Å². The number of fused-ring (bicyclic) bond motifs is 1. The van der Waals surface area contributed by atoms with E-state index in [1.165, 1.54) is 13.1 Å². The van der Waals surface area contributed by atoms with Crippen LogP contribution in [0.3, 0.4) is 0 Å². The van der Waals surface area contributed by atoms with Crippen LogP contribution in [0.1, 0.15) is 31.9 Å². The molecule has 2 aliphatic heterocycles. The number of hydrogen-bond acceptors (Lipinski definition) is 3. The maximum Gasteiger partial charge on any atom is 0.261 e. The normalized spacial score (nSPS) is 17.5. The zero-order chi connectivity index (χ0) is 17.8. The lowest BCUT2D eigenvalue weighted by molar-refractivity contribution is -0.134. The molecule has 0 radical (unpaired) electrons. The second kappa shape index (κ2) is 5.45. The summed E-state index contributed by atoms with van der Waals surface area (Å²) >= 11 is 6.31. The van der Waals surface area contributed by atoms with Crippen molar-refractivity contribution < 1.29 is 14.4 Å². The van der Waals surface area contributed by atoms with Gasteiger partial charge in [-0.1, -0.05) is 38.4 Å². The minimum atomic E-state index is -0.554. The van der Waals surface area contributed by atoms with Crippen molar-refractivity contribution in [3.8, 4) is 0 Å². The highest BCUT2D eigenvalue weighted by Gasteiger charge is 2.38. The Morgan fingerprint density at radius 2 is 1.88 bits per heavy atom. The zero-order valence-corrected chi connectivity index (χ0v) is 14.9. The molecule has 0 fully saturated rings. The van der Waals surface area contributed by atoms with E-state index in [1.54, 1.807) is 17.0 Å². The molecule has 2 aliphatic rings. The van der Waals surface area contributed by atoms with Gasteiger partial charge >= 0.3 is 0 Å². The molecule has 0 aliphatic carbocycles. The number of amides is 3. The van der Waals surface area contributed by atoms with Gasteiger partial charge < -0.3 is 4.90 Å². The van der Waals surface area contributed by atoms with Crippen molar-refractivity contribution in [1.29, 1.82) is 0 Å². The summed E-state index contributed by atoms with van der Waals surface area (Å²) in [4.78, 5) is 39.8. The van der Waals surface area contributed by atoms with Gasteiger partial charge in [-0.2, -0.15) is 0 Å². The Bertz CT molecular complexity index is 805. The minimum absolute atomic E-state index is 0.0320. The van der Waals surface area contributed by atoms with E-state index in [9.17, 15) is 14.4 Å². The summed E-state index contributed by atoms with van der Waals surface area (Å²) in [5.74, 6) is -0.750. The Morgan fingerprint density at radius 3 is 2.42 bits per heavy atom. The molecule has 6 heteroatoms. The number of hydrogen-bond donors (Lipinski definition) is 0. The van der Waals surface area contributed by atoms with E-state index in [1.807, 2.05) is 20.8 Å². The molecule has 0 spiro atoms. The quantitative estimate of drug-likeness (QED) is 0.734. The summed E-state index contributed by atoms with van der Waals surface area (Å²) in [6, 6.07) is 3.43. The monoisotopic (exact) mass is 346 g/mol. The summed E-state index contributed by atoms with van der Waals surface area (Å²) < 4.78 is 0. The highest BCUT2D eigenvalue weighted by atomic mass is 35.5. The number of nitrogens with zero attached hydrogens (tertiary/aromatic N) is 2. The van der Waals surface area contributed by atoms with Crippen molar-refractivity contribution in [2.75, 3.05) is 18.5 Å². The van der Waals surface area contributed by atoms with Gasteiger partial charge in [0.15, 0.2) is 0 Å². The molecule has 3 rings (SSSR count). The van der Waals surface area contributed by atoms with E-state index >= 15 is 0 Å². The number of carbonyl (C=O) groups is 3. The van der Waals surface area contributed by atoms with Crippen LogP contribution in [0.25, 0.3) is 5.57 Å². The van der Waals surface area contributed by atoms with Gasteiger partial charge in [0, 0.05) is 35.7 Å². The van der Waals surface area contributed by atoms with Crippen molar-refractivity contribution >= 4 is 40.6 Å². The van der Waals surface area contributed by atoms with Gasteiger partial charge in [-0.3, -0.25) is 19.3 Å². The molecule has 0 atom stereocenters. The first kappa shape index (κ1) is 16.7. The zero-order valence-electron chi connectivity index (χ0n) is 14.1. The molecule has 1 aromatic carbocycles. The summed E-state index contributed by atoms with van der Waals surface area (Å²) in [5.41, 5.74) is 1.85. The molecular formula is C18H19ClN2O3. The molecular weight excluding hydrogens is 328 g/mol. The fourth-order valence-corrected chi connectivity index (χ4v) is 3.32. The molecule has 5 nitrogen and oxygen atoms in total. The molecule has 0 saturated heterocycles. The van der Waals surface area contributed by atoms with Crippen molar-refractivity contribution in [1.82, 2.24) is 4.90 Å². The van der Waals surface area contributed by atoms with Gasteiger partial charge in [-0.05, 0) is 18.1 Å². The summed E-state index contributed by atoms with van der Waals surface area (Å²) in [6.45, 7) is 6.09. The van der Waals surface area contributed by atoms with Gasteiger partial charge in [-0.15, -0.1) is 0 Å². The van der Waals surface area contributed by atoms with Crippen molar-refractivity contribution in [2.45, 2.75) is 27.2 Å². The first-order valence-corrected chi connectivity index (χ1v) is 8.18. The first-order chi connectivity index (χ1) is 11.1. The predicted molar refractivity (Wildman–Crippen MR) is 92.7 cm³/mol. The predicted octanol–water partition coefficient (Wildman–Crippen LogP) is 2.66. The van der Waals surface area contributed by atoms with Crippen LogP contribution in [0.4, 0.5) is 5.69 Å². The Morgan fingerprint density at radius 1 is 1.21 bits per heavy atom. The van der Waals surface area contributed by atoms with E-state index in [4.69, 9.17) is 11.6 Å². The average molecular weight is 347 g/mol. The van der Waals surface area contributed by atoms with Crippen LogP contribution in [-0.4, -0.2) is 36.2 Å². The third-order valence-electron chi connectivity index (χ3n) is 4.39. The number of likely N-dealkylation sites (N-methyl/N-ethyl adjacent to an activating group) is 1. The van der Waals surface area contributed by atoms with Gasteiger partial charge in [-0.25, -0.2) is 0 Å². The van der Waals surface area contributed by atoms with Crippen LogP contribution >= 0.6 is 11.6 Å². The summed E-state index contributed by atoms with van der Waals surface area (Å²) in [7, 11) is 1.45. The molecule has 126 valence electrons. The van der Waals surface area contributed by atoms with E-state index in [-0.39, 0.29) is 17.7 Å². The van der Waals surface area contributed by atoms with Crippen LogP contribution < -0.4 is 4.90 Å². The molecule has 24 heavy (non-hydrogen) atoms. The van der Waals surface area contributed by atoms with Crippen LogP contribution in [0.15, 0.2) is 18.2 Å². The fraction of sp³-hybridized carbons (Fsp3) is 0.389. The number of rotatable bonds is 1. The maximum atomic E-state index is 12.8. The minimum Gasteiger partial charge on any atom is -0.311 e. The topological polar surface area (TPSA) is 57.7 Å². The molecule has 3 amide bonds. The number of imide groups is 1. The van der Waals surface area contributed by atoms with E-state index in [0.717, 1.165) is 10.5 Å². The second-order valence-corrected chi connectivity index (χ2v) is 7.55. The molecule has 0 N–H and O–H groups in total. The summed E-state index contributed by atoms with van der Waals surface area (Å²) in [5, 5.41) is 0.573. The third-order valence-corrected chi connectivity index (χ3v) is 4.75. The Labute approximate surface area is 145 Å². The molecule has 1 aromatic rings. The molecule has 0 unspecified atom stereocenters. The van der Waals surface area contributed by atoms with Crippen molar-refractivity contribution in [3.63, 3.8) is 0 Å². The second-order valence-electron chi connectivity index (χ2n) is 7.14. The lowest BCUT2D eigenvalue weighted by atomic mass is 9.93. The number of carbonyl (C=O) groups excluding carboxylic acids is 3. The number of halogens is 1. The number of benzene rings is 1. The SMILES string of the molecule is CN1C(=O)C=C(c2ccc(Cl)c3c2N(C(=O)C(C)(C)C)CC3)C1=O. The van der Waals surface area contributed by atoms with E-state index in [0.29, 0.717) is 34.8 Å².